The molecule has 0 aromatic heterocycles. The molecule has 2 saturated heterocycles. The maximum atomic E-state index is 5.65. The third-order valence-electron chi connectivity index (χ3n) is 2.36. The van der Waals surface area contributed by atoms with Crippen LogP contribution >= 0.6 is 42.0 Å². The summed E-state index contributed by atoms with van der Waals surface area (Å²) in [5.41, 5.74) is 0.266. The van der Waals surface area contributed by atoms with Crippen LogP contribution in [0.15, 0.2) is 0 Å². The fraction of sp³-hybridized carbons (Fsp3) is 1.00. The van der Waals surface area contributed by atoms with Gasteiger partial charge in [-0.05, 0) is 0 Å². The van der Waals surface area contributed by atoms with Gasteiger partial charge >= 0.3 is 35.3 Å². The average Bonchev–Trinajstić information content (AvgIpc) is 2.33. The van der Waals surface area contributed by atoms with Crippen molar-refractivity contribution in [3.05, 3.63) is 10.6 Å². The van der Waals surface area contributed by atoms with E-state index >= 15 is 0 Å². The molecule has 2 unspecified atom stereocenters. The minimum absolute atomic E-state index is 0.133. The van der Waals surface area contributed by atoms with E-state index in [9.17, 15) is 0 Å². The van der Waals surface area contributed by atoms with Gasteiger partial charge < -0.3 is 10.6 Å². The Morgan fingerprint density at radius 1 is 0.765 bits per heavy atom. The van der Waals surface area contributed by atoms with Crippen molar-refractivity contribution in [3.8, 4) is 0 Å². The van der Waals surface area contributed by atoms with Crippen molar-refractivity contribution in [1.29, 1.82) is 0 Å². The second kappa shape index (κ2) is 14.2. The van der Waals surface area contributed by atoms with E-state index in [4.69, 9.17) is 42.0 Å². The molecule has 0 aliphatic carbocycles. The first kappa shape index (κ1) is 18.8. The van der Waals surface area contributed by atoms with E-state index in [-0.39, 0.29) is 11.0 Å². The molecule has 2 nitrogen and oxygen atoms in total. The van der Waals surface area contributed by atoms with Crippen LogP contribution < -0.4 is 0 Å². The Balaban J connectivity index is 0.000000247. The van der Waals surface area contributed by atoms with Crippen LogP contribution in [0.25, 0.3) is 10.6 Å². The Morgan fingerprint density at radius 3 is 1.24 bits per heavy atom. The Bertz CT molecular complexity index is 137. The predicted molar refractivity (Wildman–Crippen MR) is 75.1 cm³/mol. The van der Waals surface area contributed by atoms with Crippen molar-refractivity contribution in [2.75, 3.05) is 13.1 Å². The van der Waals surface area contributed by atoms with E-state index < -0.39 is 16.5 Å². The third kappa shape index (κ3) is 14.0. The first-order valence-electron chi connectivity index (χ1n) is 5.64. The first-order valence-corrected chi connectivity index (χ1v) is 12.1. The predicted octanol–water partition coefficient (Wildman–Crippen LogP) is 5.59. The molecule has 2 heterocycles. The fourth-order valence-corrected chi connectivity index (χ4v) is 2.00. The summed E-state index contributed by atoms with van der Waals surface area (Å²) < 4.78 is 0. The van der Waals surface area contributed by atoms with Gasteiger partial charge in [-0.3, -0.25) is 0 Å². The van der Waals surface area contributed by atoms with Crippen LogP contribution in [-0.2, 0) is 16.5 Å². The quantitative estimate of drug-likeness (QED) is 0.305. The summed E-state index contributed by atoms with van der Waals surface area (Å²) in [5, 5.41) is 8.19. The standard InChI is InChI=1S/2C5H9ClN.2ClH.Pt/c2*6-5-3-1-2-4-7-5;;;/h2*5H,1-4H2;2*1H;/q2*-1;;;+4/p-2. The van der Waals surface area contributed by atoms with Crippen LogP contribution in [0.2, 0.25) is 0 Å². The first-order chi connectivity index (χ1) is 8.20. The Kier molecular flexibility index (Phi) is 15.7. The van der Waals surface area contributed by atoms with E-state index in [1.807, 2.05) is 0 Å². The van der Waals surface area contributed by atoms with Crippen LogP contribution in [0.1, 0.15) is 38.5 Å². The molecular weight excluding hydrogens is 485 g/mol. The molecule has 7 heteroatoms. The van der Waals surface area contributed by atoms with Gasteiger partial charge in [0.1, 0.15) is 0 Å². The molecular formula is C10H18Cl4N2Pt. The molecule has 0 radical (unpaired) electrons. The molecule has 0 spiro atoms. The SMILES string of the molecule is ClC1CCCC[N-]1.ClC1CCCC[N-]1.[Cl][Pt+2][Cl]. The topological polar surface area (TPSA) is 28.2 Å². The van der Waals surface area contributed by atoms with Gasteiger partial charge in [0.15, 0.2) is 0 Å². The van der Waals surface area contributed by atoms with Crippen LogP contribution in [0, 0.1) is 0 Å². The summed E-state index contributed by atoms with van der Waals surface area (Å²) in [6.45, 7) is 1.96. The van der Waals surface area contributed by atoms with Gasteiger partial charge in [0, 0.05) is 0 Å². The minimum atomic E-state index is -0.472. The van der Waals surface area contributed by atoms with Gasteiger partial charge in [0.25, 0.3) is 0 Å². The van der Waals surface area contributed by atoms with E-state index in [0.29, 0.717) is 0 Å². The van der Waals surface area contributed by atoms with E-state index in [1.165, 1.54) is 25.7 Å². The van der Waals surface area contributed by atoms with Gasteiger partial charge in [-0.15, -0.1) is 36.3 Å². The molecule has 0 N–H and O–H groups in total. The molecule has 0 aromatic carbocycles. The summed E-state index contributed by atoms with van der Waals surface area (Å²) in [5.74, 6) is 0. The normalized spacial score (nSPS) is 28.5. The van der Waals surface area contributed by atoms with Crippen LogP contribution in [0.5, 0.6) is 0 Å². The zero-order valence-electron chi connectivity index (χ0n) is 9.53. The maximum absolute atomic E-state index is 5.65. The summed E-state index contributed by atoms with van der Waals surface area (Å²) in [6.07, 6.45) is 7.17. The average molecular weight is 503 g/mol. The molecule has 2 fully saturated rings. The van der Waals surface area contributed by atoms with Crippen molar-refractivity contribution < 1.29 is 16.5 Å². The molecule has 0 saturated carbocycles. The number of nitrogens with zero attached hydrogens (tertiary/aromatic N) is 2. The van der Waals surface area contributed by atoms with Crippen LogP contribution in [0.4, 0.5) is 0 Å². The van der Waals surface area contributed by atoms with Gasteiger partial charge in [0.05, 0.1) is 0 Å². The Hall–Kier alpha value is 1.77. The third-order valence-corrected chi connectivity index (χ3v) is 3.07. The van der Waals surface area contributed by atoms with Crippen LogP contribution in [0.3, 0.4) is 0 Å². The van der Waals surface area contributed by atoms with E-state index in [1.54, 1.807) is 0 Å². The number of alkyl halides is 2. The van der Waals surface area contributed by atoms with Crippen molar-refractivity contribution in [2.45, 2.75) is 49.5 Å². The van der Waals surface area contributed by atoms with Crippen molar-refractivity contribution in [2.24, 2.45) is 0 Å². The van der Waals surface area contributed by atoms with Crippen molar-refractivity contribution in [1.82, 2.24) is 0 Å². The molecule has 2 aliphatic heterocycles. The zero-order valence-corrected chi connectivity index (χ0v) is 14.8. The second-order valence-corrected chi connectivity index (χ2v) is 8.01. The molecule has 106 valence electrons. The summed E-state index contributed by atoms with van der Waals surface area (Å²) in [7, 11) is 9.75. The van der Waals surface area contributed by atoms with Gasteiger partial charge in [-0.2, -0.15) is 0 Å². The number of rotatable bonds is 0. The van der Waals surface area contributed by atoms with Gasteiger partial charge in [-0.1, -0.05) is 49.5 Å². The monoisotopic (exact) mass is 501 g/mol. The molecule has 2 rings (SSSR count). The number of piperidine rings is 2. The molecule has 0 bridgehead atoms. The van der Waals surface area contributed by atoms with Gasteiger partial charge in [-0.25, -0.2) is 0 Å². The summed E-state index contributed by atoms with van der Waals surface area (Å²) in [4.78, 5) is 0. The number of halogens is 4. The molecule has 2 atom stereocenters. The zero-order chi connectivity index (χ0) is 12.9. The van der Waals surface area contributed by atoms with Crippen molar-refractivity contribution in [3.63, 3.8) is 0 Å². The van der Waals surface area contributed by atoms with E-state index in [2.05, 4.69) is 10.6 Å². The Labute approximate surface area is 131 Å². The molecule has 0 amide bonds. The molecule has 0 aromatic rings. The number of hydrogen-bond donors (Lipinski definition) is 0. The van der Waals surface area contributed by atoms with Crippen LogP contribution in [-0.4, -0.2) is 24.1 Å². The Morgan fingerprint density at radius 2 is 1.12 bits per heavy atom. The fourth-order valence-electron chi connectivity index (χ4n) is 1.49. The van der Waals surface area contributed by atoms with E-state index in [0.717, 1.165) is 25.9 Å². The van der Waals surface area contributed by atoms with Gasteiger partial charge in [0.2, 0.25) is 0 Å². The molecule has 17 heavy (non-hydrogen) atoms. The second-order valence-electron chi connectivity index (χ2n) is 3.72. The molecule has 2 aliphatic rings. The summed E-state index contributed by atoms with van der Waals surface area (Å²) >= 11 is 10.8. The van der Waals surface area contributed by atoms with Crippen molar-refractivity contribution >= 4 is 42.0 Å². The summed E-state index contributed by atoms with van der Waals surface area (Å²) in [6, 6.07) is 0. The number of hydrogen-bond acceptors (Lipinski definition) is 0.